The van der Waals surface area contributed by atoms with E-state index in [4.69, 9.17) is 4.74 Å². The number of aromatic nitrogens is 2. The molecule has 1 unspecified atom stereocenters. The third kappa shape index (κ3) is 2.67. The second-order valence-electron chi connectivity index (χ2n) is 3.57. The maximum atomic E-state index is 5.53. The molecule has 76 valence electrons. The minimum Gasteiger partial charge on any atom is -0.476 e. The summed E-state index contributed by atoms with van der Waals surface area (Å²) in [5.41, 5.74) is 0. The van der Waals surface area contributed by atoms with Crippen LogP contribution >= 0.6 is 0 Å². The smallest absolute Gasteiger partial charge is 0.232 e. The average molecular weight is 193 g/mol. The van der Waals surface area contributed by atoms with Crippen molar-refractivity contribution in [2.75, 3.05) is 19.7 Å². The first kappa shape index (κ1) is 9.40. The molecule has 1 saturated heterocycles. The Labute approximate surface area is 83.7 Å². The number of rotatable bonds is 3. The van der Waals surface area contributed by atoms with Crippen molar-refractivity contribution in [1.29, 1.82) is 0 Å². The van der Waals surface area contributed by atoms with Crippen LogP contribution in [-0.4, -0.2) is 29.7 Å². The molecule has 0 aliphatic carbocycles. The highest BCUT2D eigenvalue weighted by Crippen LogP contribution is 2.11. The van der Waals surface area contributed by atoms with Gasteiger partial charge < -0.3 is 10.1 Å². The van der Waals surface area contributed by atoms with E-state index in [0.717, 1.165) is 19.7 Å². The minimum atomic E-state index is 0.616. The van der Waals surface area contributed by atoms with Crippen LogP contribution in [0.4, 0.5) is 0 Å². The second kappa shape index (κ2) is 4.91. The largest absolute Gasteiger partial charge is 0.476 e. The monoisotopic (exact) mass is 193 g/mol. The van der Waals surface area contributed by atoms with E-state index in [0.29, 0.717) is 11.8 Å². The molecular formula is C10H15N3O. The van der Waals surface area contributed by atoms with Crippen LogP contribution in [0.25, 0.3) is 0 Å². The summed E-state index contributed by atoms with van der Waals surface area (Å²) in [6, 6.07) is 0. The number of hydrogen-bond donors (Lipinski definition) is 1. The normalized spacial score (nSPS) is 21.9. The summed E-state index contributed by atoms with van der Waals surface area (Å²) < 4.78 is 5.53. The maximum Gasteiger partial charge on any atom is 0.232 e. The summed E-state index contributed by atoms with van der Waals surface area (Å²) in [5, 5.41) is 3.36. The van der Waals surface area contributed by atoms with Gasteiger partial charge in [-0.15, -0.1) is 0 Å². The molecule has 0 saturated carbocycles. The number of piperidine rings is 1. The lowest BCUT2D eigenvalue weighted by Crippen LogP contribution is -2.33. The van der Waals surface area contributed by atoms with E-state index in [2.05, 4.69) is 15.3 Å². The summed E-state index contributed by atoms with van der Waals surface area (Å²) >= 11 is 0. The molecule has 4 heteroatoms. The third-order valence-corrected chi connectivity index (χ3v) is 2.41. The van der Waals surface area contributed by atoms with Crippen molar-refractivity contribution < 1.29 is 4.74 Å². The molecule has 1 aliphatic rings. The van der Waals surface area contributed by atoms with Crippen LogP contribution in [0, 0.1) is 5.92 Å². The van der Waals surface area contributed by atoms with Crippen molar-refractivity contribution >= 4 is 0 Å². The van der Waals surface area contributed by atoms with E-state index in [9.17, 15) is 0 Å². The highest BCUT2D eigenvalue weighted by atomic mass is 16.5. The van der Waals surface area contributed by atoms with E-state index in [1.165, 1.54) is 12.8 Å². The van der Waals surface area contributed by atoms with Gasteiger partial charge in [0.15, 0.2) is 0 Å². The van der Waals surface area contributed by atoms with Crippen LogP contribution in [0.5, 0.6) is 5.88 Å². The summed E-state index contributed by atoms with van der Waals surface area (Å²) in [5.74, 6) is 1.24. The molecule has 14 heavy (non-hydrogen) atoms. The quantitative estimate of drug-likeness (QED) is 0.773. The van der Waals surface area contributed by atoms with Gasteiger partial charge in [-0.1, -0.05) is 0 Å². The zero-order valence-corrected chi connectivity index (χ0v) is 8.15. The van der Waals surface area contributed by atoms with E-state index >= 15 is 0 Å². The molecule has 0 amide bonds. The highest BCUT2D eigenvalue weighted by molar-refractivity contribution is 5.01. The number of nitrogens with zero attached hydrogens (tertiary/aromatic N) is 2. The van der Waals surface area contributed by atoms with Crippen LogP contribution in [0.1, 0.15) is 12.8 Å². The fourth-order valence-corrected chi connectivity index (χ4v) is 1.63. The molecule has 0 aromatic carbocycles. The van der Waals surface area contributed by atoms with Gasteiger partial charge in [-0.05, 0) is 19.4 Å². The van der Waals surface area contributed by atoms with Gasteiger partial charge in [-0.25, -0.2) is 4.98 Å². The molecule has 1 N–H and O–H groups in total. The lowest BCUT2D eigenvalue weighted by molar-refractivity contribution is 0.211. The molecule has 1 aromatic heterocycles. The standard InChI is InChI=1S/C10H15N3O/c1-2-9(6-11-3-1)8-14-10-7-12-4-5-13-10/h4-5,7,9,11H,1-3,6,8H2. The van der Waals surface area contributed by atoms with Gasteiger partial charge in [0, 0.05) is 24.9 Å². The lowest BCUT2D eigenvalue weighted by Gasteiger charge is -2.22. The Balaban J connectivity index is 1.76. The van der Waals surface area contributed by atoms with Crippen LogP contribution in [0.15, 0.2) is 18.6 Å². The summed E-state index contributed by atoms with van der Waals surface area (Å²) in [6.07, 6.45) is 7.43. The molecule has 0 bridgehead atoms. The van der Waals surface area contributed by atoms with Crippen molar-refractivity contribution in [3.05, 3.63) is 18.6 Å². The van der Waals surface area contributed by atoms with E-state index < -0.39 is 0 Å². The van der Waals surface area contributed by atoms with E-state index in [1.807, 2.05) is 0 Å². The lowest BCUT2D eigenvalue weighted by atomic mass is 10.0. The Morgan fingerprint density at radius 2 is 2.50 bits per heavy atom. The van der Waals surface area contributed by atoms with Gasteiger partial charge in [0.1, 0.15) is 0 Å². The Kier molecular flexibility index (Phi) is 3.29. The summed E-state index contributed by atoms with van der Waals surface area (Å²) in [4.78, 5) is 8.00. The number of hydrogen-bond acceptors (Lipinski definition) is 4. The Hall–Kier alpha value is -1.16. The van der Waals surface area contributed by atoms with Crippen LogP contribution in [0.3, 0.4) is 0 Å². The molecule has 4 nitrogen and oxygen atoms in total. The van der Waals surface area contributed by atoms with Crippen molar-refractivity contribution in [1.82, 2.24) is 15.3 Å². The van der Waals surface area contributed by atoms with Crippen molar-refractivity contribution in [3.8, 4) is 5.88 Å². The number of nitrogens with one attached hydrogen (secondary N) is 1. The predicted molar refractivity (Wildman–Crippen MR) is 53.1 cm³/mol. The van der Waals surface area contributed by atoms with Gasteiger partial charge >= 0.3 is 0 Å². The van der Waals surface area contributed by atoms with Gasteiger partial charge in [0.25, 0.3) is 0 Å². The van der Waals surface area contributed by atoms with Crippen molar-refractivity contribution in [2.45, 2.75) is 12.8 Å². The summed E-state index contributed by atoms with van der Waals surface area (Å²) in [6.45, 7) is 2.94. The molecule has 1 aromatic rings. The zero-order chi connectivity index (χ0) is 9.64. The topological polar surface area (TPSA) is 47.0 Å². The molecule has 0 radical (unpaired) electrons. The Morgan fingerprint density at radius 1 is 1.50 bits per heavy atom. The van der Waals surface area contributed by atoms with Crippen LogP contribution < -0.4 is 10.1 Å². The van der Waals surface area contributed by atoms with Crippen molar-refractivity contribution in [3.63, 3.8) is 0 Å². The van der Waals surface area contributed by atoms with Crippen molar-refractivity contribution in [2.24, 2.45) is 5.92 Å². The summed E-state index contributed by atoms with van der Waals surface area (Å²) in [7, 11) is 0. The minimum absolute atomic E-state index is 0.616. The first-order chi connectivity index (χ1) is 6.95. The molecule has 2 heterocycles. The maximum absolute atomic E-state index is 5.53. The van der Waals surface area contributed by atoms with Gasteiger partial charge in [-0.3, -0.25) is 4.98 Å². The predicted octanol–water partition coefficient (Wildman–Crippen LogP) is 0.855. The molecule has 1 aliphatic heterocycles. The molecule has 0 spiro atoms. The molecule has 1 atom stereocenters. The average Bonchev–Trinajstić information content (AvgIpc) is 2.29. The Morgan fingerprint density at radius 3 is 3.21 bits per heavy atom. The number of ether oxygens (including phenoxy) is 1. The van der Waals surface area contributed by atoms with Crippen LogP contribution in [-0.2, 0) is 0 Å². The first-order valence-electron chi connectivity index (χ1n) is 5.04. The van der Waals surface area contributed by atoms with E-state index in [1.54, 1.807) is 18.6 Å². The van der Waals surface area contributed by atoms with E-state index in [-0.39, 0.29) is 0 Å². The molecule has 1 fully saturated rings. The molecular weight excluding hydrogens is 178 g/mol. The van der Waals surface area contributed by atoms with Gasteiger partial charge in [0.05, 0.1) is 12.8 Å². The Bertz CT molecular complexity index is 259. The molecule has 2 rings (SSSR count). The fourth-order valence-electron chi connectivity index (χ4n) is 1.63. The zero-order valence-electron chi connectivity index (χ0n) is 8.15. The first-order valence-corrected chi connectivity index (χ1v) is 5.04. The van der Waals surface area contributed by atoms with Gasteiger partial charge in [0.2, 0.25) is 5.88 Å². The fraction of sp³-hybridized carbons (Fsp3) is 0.600. The SMILES string of the molecule is c1cnc(OCC2CCCNC2)cn1. The second-order valence-corrected chi connectivity index (χ2v) is 3.57. The third-order valence-electron chi connectivity index (χ3n) is 2.41. The van der Waals surface area contributed by atoms with Gasteiger partial charge in [-0.2, -0.15) is 0 Å². The van der Waals surface area contributed by atoms with Crippen LogP contribution in [0.2, 0.25) is 0 Å². The highest BCUT2D eigenvalue weighted by Gasteiger charge is 2.13.